The summed E-state index contributed by atoms with van der Waals surface area (Å²) in [5.41, 5.74) is 1.21. The van der Waals surface area contributed by atoms with Gasteiger partial charge in [0.15, 0.2) is 5.13 Å². The van der Waals surface area contributed by atoms with Crippen molar-refractivity contribution in [2.45, 2.75) is 51.1 Å². The average molecular weight is 534 g/mol. The Morgan fingerprint density at radius 1 is 1.14 bits per heavy atom. The topological polar surface area (TPSA) is 127 Å². The van der Waals surface area contributed by atoms with Gasteiger partial charge in [0.25, 0.3) is 5.91 Å². The molecule has 9 nitrogen and oxygen atoms in total. The summed E-state index contributed by atoms with van der Waals surface area (Å²) in [6.45, 7) is 3.07. The van der Waals surface area contributed by atoms with Crippen LogP contribution in [-0.4, -0.2) is 76.9 Å². The molecule has 3 heterocycles. The number of aryl methyl sites for hydroxylation is 1. The van der Waals surface area contributed by atoms with Crippen molar-refractivity contribution >= 4 is 76.3 Å². The third-order valence-electron chi connectivity index (χ3n) is 6.97. The number of aromatic carboxylic acids is 1. The number of anilines is 1. The van der Waals surface area contributed by atoms with E-state index in [1.165, 1.54) is 0 Å². The molecule has 4 N–H and O–H groups in total. The zero-order valence-corrected chi connectivity index (χ0v) is 20.8. The van der Waals surface area contributed by atoms with Gasteiger partial charge in [-0.1, -0.05) is 47.4 Å². The summed E-state index contributed by atoms with van der Waals surface area (Å²) in [4.78, 5) is 46.4. The number of carboxylic acid groups (broad SMARTS) is 1. The number of hydrogen-bond acceptors (Lipinski definition) is 6. The van der Waals surface area contributed by atoms with Crippen LogP contribution in [0.25, 0.3) is 0 Å². The van der Waals surface area contributed by atoms with E-state index < -0.39 is 5.97 Å². The predicted molar refractivity (Wildman–Crippen MR) is 136 cm³/mol. The van der Waals surface area contributed by atoms with Crippen LogP contribution in [-0.2, 0) is 11.2 Å². The number of H-pyrrole nitrogens is 1. The van der Waals surface area contributed by atoms with Crippen LogP contribution in [0.1, 0.15) is 57.2 Å². The summed E-state index contributed by atoms with van der Waals surface area (Å²) >= 11 is 13.3. The second-order valence-corrected chi connectivity index (χ2v) is 11.0. The van der Waals surface area contributed by atoms with Gasteiger partial charge in [0, 0.05) is 42.7 Å². The van der Waals surface area contributed by atoms with Crippen LogP contribution in [0, 0.1) is 18.8 Å². The Morgan fingerprint density at radius 3 is 2.37 bits per heavy atom. The first kappa shape index (κ1) is 26.4. The molecule has 2 aromatic heterocycles. The first-order valence-electron chi connectivity index (χ1n) is 11.3. The molecular weight excluding hydrogens is 508 g/mol. The van der Waals surface area contributed by atoms with E-state index >= 15 is 0 Å². The molecule has 5 rings (SSSR count). The molecule has 3 fully saturated rings. The zero-order valence-electron chi connectivity index (χ0n) is 18.5. The number of nitrogens with one attached hydrogen (secondary N) is 3. The van der Waals surface area contributed by atoms with Crippen LogP contribution in [0.15, 0.2) is 0 Å². The summed E-state index contributed by atoms with van der Waals surface area (Å²) in [5.74, 6) is -1.04. The molecule has 0 unspecified atom stereocenters. The average Bonchev–Trinajstić information content (AvgIpc) is 3.35. The van der Waals surface area contributed by atoms with Gasteiger partial charge in [-0.3, -0.25) is 9.59 Å². The Balaban J connectivity index is 0.00000289. The minimum absolute atomic E-state index is 0. The number of thiazole rings is 1. The van der Waals surface area contributed by atoms with Crippen LogP contribution in [0.5, 0.6) is 0 Å². The second kappa shape index (κ2) is 10.3. The number of carbonyl (C=O) groups excluding carboxylic acids is 2. The van der Waals surface area contributed by atoms with Crippen molar-refractivity contribution in [2.75, 3.05) is 18.0 Å². The van der Waals surface area contributed by atoms with E-state index in [1.807, 2.05) is 4.90 Å². The van der Waals surface area contributed by atoms with Crippen LogP contribution in [0.3, 0.4) is 0 Å². The minimum atomic E-state index is -1.07. The number of hydrogen-bond donors (Lipinski definition) is 4. The van der Waals surface area contributed by atoms with Crippen molar-refractivity contribution in [3.8, 4) is 0 Å². The third kappa shape index (κ3) is 5.23. The number of nitrogens with zero attached hydrogens (tertiary/aromatic N) is 2. The molecule has 2 aliphatic carbocycles. The molecule has 3 aliphatic rings. The number of rotatable bonds is 7. The van der Waals surface area contributed by atoms with E-state index in [-0.39, 0.29) is 76.6 Å². The van der Waals surface area contributed by atoms with Crippen molar-refractivity contribution in [3.05, 3.63) is 32.0 Å². The molecule has 2 amide bonds. The van der Waals surface area contributed by atoms with Crippen molar-refractivity contribution in [1.29, 1.82) is 0 Å². The van der Waals surface area contributed by atoms with Crippen LogP contribution in [0.2, 0.25) is 10.0 Å². The normalized spacial score (nSPS) is 23.1. The summed E-state index contributed by atoms with van der Waals surface area (Å²) in [6, 6.07) is 0.204. The number of amides is 2. The maximum absolute atomic E-state index is 12.6. The molecule has 0 radical (unpaired) electrons. The number of aromatic amines is 1. The third-order valence-corrected chi connectivity index (χ3v) is 9.07. The van der Waals surface area contributed by atoms with Gasteiger partial charge in [-0.15, -0.1) is 0 Å². The molecule has 0 spiro atoms. The molecule has 3 atom stereocenters. The number of piperidine rings is 1. The first-order chi connectivity index (χ1) is 16.2. The summed E-state index contributed by atoms with van der Waals surface area (Å²) in [6.07, 6.45) is 4.12. The fourth-order valence-electron chi connectivity index (χ4n) is 5.11. The van der Waals surface area contributed by atoms with E-state index in [0.29, 0.717) is 34.6 Å². The fraction of sp³-hybridized carbons (Fsp3) is 0.545. The molecule has 184 valence electrons. The number of carboxylic acids is 1. The Hall–Kier alpha value is -1.70. The van der Waals surface area contributed by atoms with Gasteiger partial charge in [0.05, 0.1) is 22.2 Å². The standard InChI is InChI=1S/C22H25Cl2N5O4S.Li.H/c1-9-15(23)16(24)18(25-9)20(31)28-17-11-7-29(8-12(11)17)22-27-13(19(34-22)21(32)33)6-14(30)26-10-4-2-3-5-10;;/h10-12,17,25H,2-8H2,1H3,(H,26,30)(H,28,31)(H,32,33);;/t11-,12+,17+;;. The molecule has 1 aliphatic heterocycles. The predicted octanol–water partition coefficient (Wildman–Crippen LogP) is 2.60. The monoisotopic (exact) mass is 533 g/mol. The van der Waals surface area contributed by atoms with Crippen LogP contribution >= 0.6 is 34.5 Å². The molecular formula is C22H26Cl2LiN5O4S. The van der Waals surface area contributed by atoms with Gasteiger partial charge in [0.2, 0.25) is 5.91 Å². The van der Waals surface area contributed by atoms with Gasteiger partial charge in [-0.05, 0) is 19.8 Å². The summed E-state index contributed by atoms with van der Waals surface area (Å²) in [7, 11) is 0. The molecule has 1 saturated heterocycles. The summed E-state index contributed by atoms with van der Waals surface area (Å²) < 4.78 is 0. The van der Waals surface area contributed by atoms with Crippen molar-refractivity contribution in [3.63, 3.8) is 0 Å². The first-order valence-corrected chi connectivity index (χ1v) is 12.9. The Labute approximate surface area is 228 Å². The summed E-state index contributed by atoms with van der Waals surface area (Å²) in [5, 5.41) is 16.8. The van der Waals surface area contributed by atoms with Gasteiger partial charge in [-0.25, -0.2) is 9.78 Å². The van der Waals surface area contributed by atoms with Gasteiger partial charge >= 0.3 is 24.8 Å². The van der Waals surface area contributed by atoms with Crippen molar-refractivity contribution in [1.82, 2.24) is 20.6 Å². The Morgan fingerprint density at radius 2 is 1.80 bits per heavy atom. The molecule has 0 bridgehead atoms. The van der Waals surface area contributed by atoms with E-state index in [1.54, 1.807) is 6.92 Å². The molecule has 2 saturated carbocycles. The van der Waals surface area contributed by atoms with Crippen molar-refractivity contribution < 1.29 is 19.5 Å². The van der Waals surface area contributed by atoms with E-state index in [0.717, 1.165) is 37.0 Å². The van der Waals surface area contributed by atoms with Crippen molar-refractivity contribution in [2.24, 2.45) is 11.8 Å². The SMILES string of the molecule is Cc1[nH]c(C(=O)N[C@H]2[C@@H]3CN(c4nc(CC(=O)NC5CCCC5)c(C(=O)O)s4)C[C@@H]32)c(Cl)c1Cl.[LiH]. The van der Waals surface area contributed by atoms with E-state index in [2.05, 4.69) is 20.6 Å². The molecule has 13 heteroatoms. The van der Waals surface area contributed by atoms with Crippen LogP contribution in [0.4, 0.5) is 5.13 Å². The maximum atomic E-state index is 12.6. The zero-order chi connectivity index (χ0) is 24.1. The Kier molecular flexibility index (Phi) is 7.79. The number of aromatic nitrogens is 2. The van der Waals surface area contributed by atoms with Gasteiger partial charge in [-0.2, -0.15) is 0 Å². The fourth-order valence-corrected chi connectivity index (χ4v) is 6.47. The van der Waals surface area contributed by atoms with Crippen LogP contribution < -0.4 is 15.5 Å². The van der Waals surface area contributed by atoms with Gasteiger partial charge in [0.1, 0.15) is 10.6 Å². The number of fused-ring (bicyclic) bond motifs is 1. The van der Waals surface area contributed by atoms with E-state index in [4.69, 9.17) is 23.2 Å². The molecule has 2 aromatic rings. The molecule has 35 heavy (non-hydrogen) atoms. The second-order valence-electron chi connectivity index (χ2n) is 9.29. The molecule has 0 aromatic carbocycles. The Bertz CT molecular complexity index is 1150. The van der Waals surface area contributed by atoms with E-state index in [9.17, 15) is 19.5 Å². The number of carbonyl (C=O) groups is 3. The quantitative estimate of drug-likeness (QED) is 0.405. The number of halogens is 2. The van der Waals surface area contributed by atoms with Gasteiger partial charge < -0.3 is 25.6 Å².